The van der Waals surface area contributed by atoms with Crippen LogP contribution in [0.5, 0.6) is 5.75 Å². The molecule has 0 aliphatic carbocycles. The van der Waals surface area contributed by atoms with E-state index in [1.807, 2.05) is 32.0 Å². The third kappa shape index (κ3) is 1.66. The molecule has 2 rings (SSSR count). The molecule has 0 unspecified atom stereocenters. The summed E-state index contributed by atoms with van der Waals surface area (Å²) in [5.41, 5.74) is 2.76. The number of hydrogen-bond acceptors (Lipinski definition) is 2. The summed E-state index contributed by atoms with van der Waals surface area (Å²) in [7, 11) is 0. The number of aryl methyl sites for hydroxylation is 2. The number of aromatic hydroxyl groups is 1. The van der Waals surface area contributed by atoms with E-state index in [9.17, 15) is 5.11 Å². The average Bonchev–Trinajstić information content (AvgIpc) is 2.12. The number of phenols is 1. The highest BCUT2D eigenvalue weighted by Gasteiger charge is 2.03. The smallest absolute Gasteiger partial charge is 0.141 e. The summed E-state index contributed by atoms with van der Waals surface area (Å²) in [5.74, 6) is 0.254. The van der Waals surface area contributed by atoms with Gasteiger partial charge < -0.3 is 5.11 Å². The number of halogens is 1. The highest BCUT2D eigenvalue weighted by atomic mass is 35.5. The van der Waals surface area contributed by atoms with Crippen LogP contribution in [0.25, 0.3) is 10.9 Å². The first-order chi connectivity index (χ1) is 6.18. The normalized spacial score (nSPS) is 9.86. The molecule has 14 heavy (non-hydrogen) atoms. The predicted octanol–water partition coefficient (Wildman–Crippen LogP) is 2.98. The number of rotatable bonds is 0. The summed E-state index contributed by atoms with van der Waals surface area (Å²) >= 11 is 0. The van der Waals surface area contributed by atoms with Crippen molar-refractivity contribution in [3.05, 3.63) is 35.5 Å². The molecule has 0 amide bonds. The van der Waals surface area contributed by atoms with Crippen LogP contribution in [0.4, 0.5) is 0 Å². The van der Waals surface area contributed by atoms with Crippen LogP contribution in [0.3, 0.4) is 0 Å². The zero-order chi connectivity index (χ0) is 9.42. The second-order valence-corrected chi connectivity index (χ2v) is 3.25. The Labute approximate surface area is 89.0 Å². The summed E-state index contributed by atoms with van der Waals surface area (Å²) in [5, 5.41) is 10.6. The Morgan fingerprint density at radius 3 is 2.50 bits per heavy atom. The lowest BCUT2D eigenvalue weighted by Gasteiger charge is -2.03. The molecule has 1 aromatic heterocycles. The third-order valence-corrected chi connectivity index (χ3v) is 2.19. The standard InChI is InChI=1S/C11H11NO.ClH/c1-7-3-6-10(13)11-9(7)5-4-8(2)12-11;/h3-6,13H,1-2H3;1H. The van der Waals surface area contributed by atoms with Crippen molar-refractivity contribution in [3.63, 3.8) is 0 Å². The molecule has 0 radical (unpaired) electrons. The van der Waals surface area contributed by atoms with Crippen molar-refractivity contribution in [2.45, 2.75) is 13.8 Å². The Kier molecular flexibility index (Phi) is 2.96. The van der Waals surface area contributed by atoms with Crippen LogP contribution in [0.1, 0.15) is 11.3 Å². The lowest BCUT2D eigenvalue weighted by molar-refractivity contribution is 0.480. The number of pyridine rings is 1. The summed E-state index contributed by atoms with van der Waals surface area (Å²) in [6.07, 6.45) is 0. The average molecular weight is 210 g/mol. The zero-order valence-electron chi connectivity index (χ0n) is 8.11. The fourth-order valence-corrected chi connectivity index (χ4v) is 1.44. The first-order valence-corrected chi connectivity index (χ1v) is 4.24. The number of aromatic nitrogens is 1. The van der Waals surface area contributed by atoms with Gasteiger partial charge >= 0.3 is 0 Å². The van der Waals surface area contributed by atoms with Gasteiger partial charge in [-0.05, 0) is 31.5 Å². The number of hydrogen-bond donors (Lipinski definition) is 1. The molecule has 1 heterocycles. The van der Waals surface area contributed by atoms with E-state index in [-0.39, 0.29) is 18.2 Å². The van der Waals surface area contributed by atoms with E-state index in [4.69, 9.17) is 0 Å². The molecule has 2 aromatic rings. The Bertz CT molecular complexity index is 468. The minimum Gasteiger partial charge on any atom is -0.506 e. The zero-order valence-corrected chi connectivity index (χ0v) is 8.93. The SMILES string of the molecule is Cc1ccc2c(C)ccc(O)c2n1.Cl. The Morgan fingerprint density at radius 2 is 1.79 bits per heavy atom. The van der Waals surface area contributed by atoms with Gasteiger partial charge in [-0.15, -0.1) is 12.4 Å². The van der Waals surface area contributed by atoms with Gasteiger partial charge in [0, 0.05) is 11.1 Å². The second-order valence-electron chi connectivity index (χ2n) is 3.25. The van der Waals surface area contributed by atoms with E-state index >= 15 is 0 Å². The predicted molar refractivity (Wildman–Crippen MR) is 60.1 cm³/mol. The van der Waals surface area contributed by atoms with Gasteiger partial charge in [0.25, 0.3) is 0 Å². The van der Waals surface area contributed by atoms with Gasteiger partial charge in [-0.2, -0.15) is 0 Å². The molecule has 0 aliphatic rings. The van der Waals surface area contributed by atoms with E-state index in [1.54, 1.807) is 6.07 Å². The van der Waals surface area contributed by atoms with E-state index in [2.05, 4.69) is 4.98 Å². The summed E-state index contributed by atoms with van der Waals surface area (Å²) in [4.78, 5) is 4.29. The molecule has 3 heteroatoms. The maximum absolute atomic E-state index is 9.56. The molecule has 0 saturated carbocycles. The van der Waals surface area contributed by atoms with Gasteiger partial charge in [-0.1, -0.05) is 12.1 Å². The maximum Gasteiger partial charge on any atom is 0.141 e. The highest BCUT2D eigenvalue weighted by Crippen LogP contribution is 2.25. The molecule has 0 aliphatic heterocycles. The van der Waals surface area contributed by atoms with Gasteiger partial charge in [0.2, 0.25) is 0 Å². The first-order valence-electron chi connectivity index (χ1n) is 4.24. The molecule has 0 spiro atoms. The third-order valence-electron chi connectivity index (χ3n) is 2.19. The quantitative estimate of drug-likeness (QED) is 0.724. The van der Waals surface area contributed by atoms with Crippen LogP contribution >= 0.6 is 12.4 Å². The monoisotopic (exact) mass is 209 g/mol. The minimum atomic E-state index is 0. The van der Waals surface area contributed by atoms with Crippen molar-refractivity contribution in [2.24, 2.45) is 0 Å². The molecule has 1 aromatic carbocycles. The molecule has 0 fully saturated rings. The van der Waals surface area contributed by atoms with E-state index < -0.39 is 0 Å². The van der Waals surface area contributed by atoms with Gasteiger partial charge in [0.15, 0.2) is 0 Å². The van der Waals surface area contributed by atoms with Crippen LogP contribution in [-0.4, -0.2) is 10.1 Å². The van der Waals surface area contributed by atoms with Gasteiger partial charge in [-0.3, -0.25) is 0 Å². The van der Waals surface area contributed by atoms with E-state index in [0.29, 0.717) is 5.52 Å². The molecule has 0 atom stereocenters. The Hall–Kier alpha value is -1.28. The molecular formula is C11H12ClNO. The molecular weight excluding hydrogens is 198 g/mol. The molecule has 0 saturated heterocycles. The molecule has 2 nitrogen and oxygen atoms in total. The fraction of sp³-hybridized carbons (Fsp3) is 0.182. The van der Waals surface area contributed by atoms with Gasteiger partial charge in [0.1, 0.15) is 11.3 Å². The highest BCUT2D eigenvalue weighted by molar-refractivity contribution is 5.87. The van der Waals surface area contributed by atoms with Crippen LogP contribution in [0.2, 0.25) is 0 Å². The van der Waals surface area contributed by atoms with Crippen molar-refractivity contribution in [3.8, 4) is 5.75 Å². The summed E-state index contributed by atoms with van der Waals surface area (Å²) in [6, 6.07) is 7.53. The lowest BCUT2D eigenvalue weighted by Crippen LogP contribution is -1.85. The van der Waals surface area contributed by atoms with Gasteiger partial charge in [0.05, 0.1) is 0 Å². The van der Waals surface area contributed by atoms with Crippen LogP contribution in [0, 0.1) is 13.8 Å². The largest absolute Gasteiger partial charge is 0.506 e. The van der Waals surface area contributed by atoms with Crippen molar-refractivity contribution < 1.29 is 5.11 Å². The Morgan fingerprint density at radius 1 is 1.07 bits per heavy atom. The molecule has 1 N–H and O–H groups in total. The summed E-state index contributed by atoms with van der Waals surface area (Å²) < 4.78 is 0. The topological polar surface area (TPSA) is 33.1 Å². The summed E-state index contributed by atoms with van der Waals surface area (Å²) in [6.45, 7) is 3.93. The number of phenolic OH excluding ortho intramolecular Hbond substituents is 1. The van der Waals surface area contributed by atoms with E-state index in [1.165, 1.54) is 0 Å². The number of fused-ring (bicyclic) bond motifs is 1. The van der Waals surface area contributed by atoms with Gasteiger partial charge in [-0.25, -0.2) is 4.98 Å². The van der Waals surface area contributed by atoms with E-state index in [0.717, 1.165) is 16.6 Å². The van der Waals surface area contributed by atoms with Crippen LogP contribution < -0.4 is 0 Å². The number of nitrogens with zero attached hydrogens (tertiary/aromatic N) is 1. The van der Waals surface area contributed by atoms with Crippen molar-refractivity contribution in [1.29, 1.82) is 0 Å². The fourth-order valence-electron chi connectivity index (χ4n) is 1.44. The second kappa shape index (κ2) is 3.84. The lowest BCUT2D eigenvalue weighted by atomic mass is 10.1. The first kappa shape index (κ1) is 10.8. The van der Waals surface area contributed by atoms with Crippen molar-refractivity contribution in [2.75, 3.05) is 0 Å². The number of benzene rings is 1. The van der Waals surface area contributed by atoms with Crippen LogP contribution in [-0.2, 0) is 0 Å². The molecule has 74 valence electrons. The van der Waals surface area contributed by atoms with Crippen molar-refractivity contribution in [1.82, 2.24) is 4.98 Å². The molecule has 0 bridgehead atoms. The van der Waals surface area contributed by atoms with Crippen molar-refractivity contribution >= 4 is 23.3 Å². The minimum absolute atomic E-state index is 0. The van der Waals surface area contributed by atoms with Crippen LogP contribution in [0.15, 0.2) is 24.3 Å². The maximum atomic E-state index is 9.56. The Balaban J connectivity index is 0.000000980.